The predicted molar refractivity (Wildman–Crippen MR) is 80.3 cm³/mol. The van der Waals surface area contributed by atoms with Crippen LogP contribution in [0.4, 0.5) is 0 Å². The number of nitriles is 1. The van der Waals surface area contributed by atoms with Crippen molar-refractivity contribution < 1.29 is 4.74 Å². The Morgan fingerprint density at radius 2 is 2.10 bits per heavy atom. The standard InChI is InChI=1S/C17H24N2O/c1-20-12-4-6-17-5-2-3-11-19(17)14-16-9-7-15(13-18)8-10-16/h7-10,17H,2-6,11-12,14H2,1H3. The summed E-state index contributed by atoms with van der Waals surface area (Å²) in [5.74, 6) is 0. The van der Waals surface area contributed by atoms with Gasteiger partial charge in [-0.15, -0.1) is 0 Å². The molecule has 0 aromatic heterocycles. The van der Waals surface area contributed by atoms with Gasteiger partial charge in [0.1, 0.15) is 0 Å². The molecule has 2 rings (SSSR count). The number of benzene rings is 1. The Bertz CT molecular complexity index is 435. The van der Waals surface area contributed by atoms with Crippen molar-refractivity contribution in [3.8, 4) is 6.07 Å². The molecule has 0 amide bonds. The number of ether oxygens (including phenoxy) is 1. The lowest BCUT2D eigenvalue weighted by Gasteiger charge is -2.36. The summed E-state index contributed by atoms with van der Waals surface area (Å²) < 4.78 is 5.16. The maximum absolute atomic E-state index is 8.84. The van der Waals surface area contributed by atoms with Crippen molar-refractivity contribution in [3.05, 3.63) is 35.4 Å². The highest BCUT2D eigenvalue weighted by molar-refractivity contribution is 5.31. The largest absolute Gasteiger partial charge is 0.385 e. The van der Waals surface area contributed by atoms with Crippen LogP contribution in [0.15, 0.2) is 24.3 Å². The molecule has 1 aromatic carbocycles. The van der Waals surface area contributed by atoms with Crippen LogP contribution in [-0.4, -0.2) is 31.2 Å². The van der Waals surface area contributed by atoms with Crippen LogP contribution >= 0.6 is 0 Å². The third kappa shape index (κ3) is 4.33. The Morgan fingerprint density at radius 3 is 2.80 bits per heavy atom. The fraction of sp³-hybridized carbons (Fsp3) is 0.588. The van der Waals surface area contributed by atoms with E-state index in [2.05, 4.69) is 23.1 Å². The maximum Gasteiger partial charge on any atom is 0.0991 e. The van der Waals surface area contributed by atoms with Gasteiger partial charge >= 0.3 is 0 Å². The van der Waals surface area contributed by atoms with Gasteiger partial charge in [-0.05, 0) is 49.9 Å². The summed E-state index contributed by atoms with van der Waals surface area (Å²) in [5, 5.41) is 8.84. The number of hydrogen-bond acceptors (Lipinski definition) is 3. The van der Waals surface area contributed by atoms with E-state index in [9.17, 15) is 0 Å². The topological polar surface area (TPSA) is 36.3 Å². The summed E-state index contributed by atoms with van der Waals surface area (Å²) in [5.41, 5.74) is 2.05. The van der Waals surface area contributed by atoms with Crippen molar-refractivity contribution in [2.75, 3.05) is 20.3 Å². The van der Waals surface area contributed by atoms with Crippen molar-refractivity contribution >= 4 is 0 Å². The van der Waals surface area contributed by atoms with E-state index >= 15 is 0 Å². The van der Waals surface area contributed by atoms with Crippen molar-refractivity contribution in [3.63, 3.8) is 0 Å². The van der Waals surface area contributed by atoms with Gasteiger partial charge in [0.2, 0.25) is 0 Å². The molecule has 1 saturated heterocycles. The highest BCUT2D eigenvalue weighted by Crippen LogP contribution is 2.23. The average molecular weight is 272 g/mol. The van der Waals surface area contributed by atoms with Gasteiger partial charge in [0.15, 0.2) is 0 Å². The Labute approximate surface area is 122 Å². The number of hydrogen-bond donors (Lipinski definition) is 0. The van der Waals surface area contributed by atoms with Gasteiger partial charge in [-0.2, -0.15) is 5.26 Å². The molecule has 1 fully saturated rings. The third-order valence-electron chi connectivity index (χ3n) is 4.10. The van der Waals surface area contributed by atoms with Crippen LogP contribution in [0.3, 0.4) is 0 Å². The zero-order valence-electron chi connectivity index (χ0n) is 12.3. The molecule has 108 valence electrons. The van der Waals surface area contributed by atoms with E-state index in [0.29, 0.717) is 6.04 Å². The number of piperidine rings is 1. The molecule has 1 aromatic rings. The normalized spacial score (nSPS) is 19.7. The monoisotopic (exact) mass is 272 g/mol. The summed E-state index contributed by atoms with van der Waals surface area (Å²) in [6, 6.07) is 10.9. The van der Waals surface area contributed by atoms with Crippen LogP contribution in [-0.2, 0) is 11.3 Å². The van der Waals surface area contributed by atoms with Gasteiger partial charge in [0.05, 0.1) is 11.6 Å². The third-order valence-corrected chi connectivity index (χ3v) is 4.10. The second-order valence-electron chi connectivity index (χ2n) is 5.56. The molecule has 20 heavy (non-hydrogen) atoms. The fourth-order valence-corrected chi connectivity index (χ4v) is 2.98. The first-order chi connectivity index (χ1) is 9.83. The SMILES string of the molecule is COCCCC1CCCCN1Cc1ccc(C#N)cc1. The predicted octanol–water partition coefficient (Wildman–Crippen LogP) is 3.34. The Balaban J connectivity index is 1.91. The molecule has 0 aliphatic carbocycles. The zero-order chi connectivity index (χ0) is 14.2. The lowest BCUT2D eigenvalue weighted by atomic mass is 9.97. The minimum atomic E-state index is 0.689. The van der Waals surface area contributed by atoms with Gasteiger partial charge in [0, 0.05) is 26.3 Å². The van der Waals surface area contributed by atoms with Crippen LogP contribution in [0.2, 0.25) is 0 Å². The maximum atomic E-state index is 8.84. The highest BCUT2D eigenvalue weighted by atomic mass is 16.5. The minimum absolute atomic E-state index is 0.689. The second-order valence-corrected chi connectivity index (χ2v) is 5.56. The molecular formula is C17H24N2O. The van der Waals surface area contributed by atoms with E-state index < -0.39 is 0 Å². The molecule has 0 spiro atoms. The van der Waals surface area contributed by atoms with Crippen LogP contribution < -0.4 is 0 Å². The van der Waals surface area contributed by atoms with Crippen molar-refractivity contribution in [1.29, 1.82) is 5.26 Å². The number of methoxy groups -OCH3 is 1. The van der Waals surface area contributed by atoms with E-state index in [4.69, 9.17) is 10.00 Å². The smallest absolute Gasteiger partial charge is 0.0991 e. The first-order valence-corrected chi connectivity index (χ1v) is 7.55. The molecule has 1 aliphatic rings. The molecule has 0 bridgehead atoms. The van der Waals surface area contributed by atoms with Crippen LogP contribution in [0, 0.1) is 11.3 Å². The van der Waals surface area contributed by atoms with Crippen LogP contribution in [0.5, 0.6) is 0 Å². The lowest BCUT2D eigenvalue weighted by Crippen LogP contribution is -2.39. The van der Waals surface area contributed by atoms with Gasteiger partial charge in [-0.25, -0.2) is 0 Å². The summed E-state index contributed by atoms with van der Waals surface area (Å²) in [6.45, 7) is 3.06. The average Bonchev–Trinajstić information content (AvgIpc) is 2.50. The molecule has 1 atom stereocenters. The Kier molecular flexibility index (Phi) is 6.04. The molecule has 0 radical (unpaired) electrons. The summed E-state index contributed by atoms with van der Waals surface area (Å²) in [6.07, 6.45) is 6.33. The van der Waals surface area contributed by atoms with E-state index in [0.717, 1.165) is 25.1 Å². The highest BCUT2D eigenvalue weighted by Gasteiger charge is 2.21. The van der Waals surface area contributed by atoms with Crippen LogP contribution in [0.1, 0.15) is 43.2 Å². The van der Waals surface area contributed by atoms with E-state index in [1.807, 2.05) is 12.1 Å². The number of nitrogens with zero attached hydrogens (tertiary/aromatic N) is 2. The molecule has 1 unspecified atom stereocenters. The quantitative estimate of drug-likeness (QED) is 0.745. The fourth-order valence-electron chi connectivity index (χ4n) is 2.98. The van der Waals surface area contributed by atoms with Gasteiger partial charge in [-0.3, -0.25) is 4.90 Å². The molecule has 1 aliphatic heterocycles. The van der Waals surface area contributed by atoms with Crippen molar-refractivity contribution in [1.82, 2.24) is 4.90 Å². The lowest BCUT2D eigenvalue weighted by molar-refractivity contribution is 0.116. The molecule has 3 nitrogen and oxygen atoms in total. The molecular weight excluding hydrogens is 248 g/mol. The van der Waals surface area contributed by atoms with E-state index in [1.165, 1.54) is 37.8 Å². The van der Waals surface area contributed by atoms with E-state index in [-0.39, 0.29) is 0 Å². The molecule has 3 heteroatoms. The molecule has 0 N–H and O–H groups in total. The Hall–Kier alpha value is -1.37. The molecule has 1 heterocycles. The number of rotatable bonds is 6. The van der Waals surface area contributed by atoms with Crippen LogP contribution in [0.25, 0.3) is 0 Å². The molecule has 0 saturated carbocycles. The zero-order valence-corrected chi connectivity index (χ0v) is 12.3. The summed E-state index contributed by atoms with van der Waals surface area (Å²) >= 11 is 0. The van der Waals surface area contributed by atoms with Crippen molar-refractivity contribution in [2.24, 2.45) is 0 Å². The van der Waals surface area contributed by atoms with E-state index in [1.54, 1.807) is 7.11 Å². The first-order valence-electron chi connectivity index (χ1n) is 7.55. The number of likely N-dealkylation sites (tertiary alicyclic amines) is 1. The minimum Gasteiger partial charge on any atom is -0.385 e. The van der Waals surface area contributed by atoms with Gasteiger partial charge < -0.3 is 4.74 Å². The summed E-state index contributed by atoms with van der Waals surface area (Å²) in [4.78, 5) is 2.60. The van der Waals surface area contributed by atoms with Gasteiger partial charge in [-0.1, -0.05) is 18.6 Å². The summed E-state index contributed by atoms with van der Waals surface area (Å²) in [7, 11) is 1.77. The second kappa shape index (κ2) is 8.04. The Morgan fingerprint density at radius 1 is 1.30 bits per heavy atom. The first kappa shape index (κ1) is 15.0. The van der Waals surface area contributed by atoms with Gasteiger partial charge in [0.25, 0.3) is 0 Å². The van der Waals surface area contributed by atoms with Crippen molar-refractivity contribution in [2.45, 2.75) is 44.7 Å².